The molecule has 1 aromatic carbocycles. The lowest BCUT2D eigenvalue weighted by molar-refractivity contribution is -0.127. The highest BCUT2D eigenvalue weighted by molar-refractivity contribution is 7.91. The van der Waals surface area contributed by atoms with Crippen LogP contribution in [0.1, 0.15) is 30.9 Å². The fraction of sp³-hybridized carbons (Fsp3) is 0.407. The van der Waals surface area contributed by atoms with E-state index in [4.69, 9.17) is 10.2 Å². The van der Waals surface area contributed by atoms with Crippen LogP contribution in [0.15, 0.2) is 42.7 Å². The Kier molecular flexibility index (Phi) is 7.91. The van der Waals surface area contributed by atoms with Crippen molar-refractivity contribution in [1.29, 1.82) is 5.26 Å². The van der Waals surface area contributed by atoms with Crippen LogP contribution in [0.5, 0.6) is 0 Å². The molecule has 5 rings (SSSR count). The monoisotopic (exact) mass is 571 g/mol. The van der Waals surface area contributed by atoms with E-state index < -0.39 is 27.7 Å². The van der Waals surface area contributed by atoms with Crippen LogP contribution in [-0.2, 0) is 14.6 Å². The number of amides is 1. The molecule has 2 aromatic heterocycles. The predicted molar refractivity (Wildman–Crippen MR) is 145 cm³/mol. The molecule has 12 heteroatoms. The Morgan fingerprint density at radius 3 is 2.59 bits per heavy atom. The molecule has 1 aliphatic heterocycles. The normalized spacial score (nSPS) is 22.7. The number of nitrogens with one attached hydrogen (secondary N) is 1. The lowest BCUT2D eigenvalue weighted by Crippen LogP contribution is -2.40. The van der Waals surface area contributed by atoms with E-state index in [0.717, 1.165) is 22.3 Å². The van der Waals surface area contributed by atoms with Crippen LogP contribution in [0.4, 0.5) is 14.5 Å². The fourth-order valence-electron chi connectivity index (χ4n) is 5.23. The van der Waals surface area contributed by atoms with Gasteiger partial charge in [0.1, 0.15) is 23.5 Å². The predicted octanol–water partition coefficient (Wildman–Crippen LogP) is 4.11. The molecule has 39 heavy (non-hydrogen) atoms. The summed E-state index contributed by atoms with van der Waals surface area (Å²) in [7, 11) is -3.00. The van der Waals surface area contributed by atoms with Gasteiger partial charge >= 0.3 is 0 Å². The molecule has 3 heterocycles. The summed E-state index contributed by atoms with van der Waals surface area (Å²) in [6.07, 6.45) is 2.24. The maximum Gasteiger partial charge on any atom is 0.224 e. The van der Waals surface area contributed by atoms with Crippen molar-refractivity contribution >= 4 is 32.8 Å². The average Bonchev–Trinajstić information content (AvgIpc) is 3.37. The molecule has 2 fully saturated rings. The number of nitrogens with zero attached hydrogens (tertiary/aromatic N) is 4. The van der Waals surface area contributed by atoms with Gasteiger partial charge in [0, 0.05) is 42.4 Å². The van der Waals surface area contributed by atoms with Crippen LogP contribution in [0.25, 0.3) is 21.0 Å². The van der Waals surface area contributed by atoms with Gasteiger partial charge < -0.3 is 10.2 Å². The van der Waals surface area contributed by atoms with Gasteiger partial charge in [0.15, 0.2) is 9.84 Å². The van der Waals surface area contributed by atoms with E-state index in [1.165, 1.54) is 23.6 Å². The summed E-state index contributed by atoms with van der Waals surface area (Å²) < 4.78 is 52.1. The summed E-state index contributed by atoms with van der Waals surface area (Å²) in [5.74, 6) is -1.73. The van der Waals surface area contributed by atoms with Gasteiger partial charge in [-0.3, -0.25) is 9.78 Å². The van der Waals surface area contributed by atoms with Crippen LogP contribution >= 0.6 is 11.3 Å². The van der Waals surface area contributed by atoms with Gasteiger partial charge in [-0.05, 0) is 43.0 Å². The summed E-state index contributed by atoms with van der Waals surface area (Å²) >= 11 is 1.35. The molecule has 1 aliphatic carbocycles. The molecule has 1 saturated heterocycles. The third-order valence-electron chi connectivity index (χ3n) is 7.26. The number of halogens is 2. The number of hydrogen-bond acceptors (Lipinski definition) is 8. The fourth-order valence-corrected chi connectivity index (χ4v) is 7.55. The van der Waals surface area contributed by atoms with Gasteiger partial charge in [-0.2, -0.15) is 5.26 Å². The Hall–Kier alpha value is -3.43. The first-order valence-corrected chi connectivity index (χ1v) is 15.3. The molecule has 1 saturated carbocycles. The molecule has 3 aromatic rings. The van der Waals surface area contributed by atoms with E-state index in [2.05, 4.69) is 10.3 Å². The van der Waals surface area contributed by atoms with E-state index in [1.807, 2.05) is 35.2 Å². The highest BCUT2D eigenvalue weighted by Gasteiger charge is 2.39. The van der Waals surface area contributed by atoms with Crippen molar-refractivity contribution in [2.75, 3.05) is 36.0 Å². The van der Waals surface area contributed by atoms with Crippen molar-refractivity contribution in [2.24, 2.45) is 5.92 Å². The van der Waals surface area contributed by atoms with E-state index in [-0.39, 0.29) is 42.7 Å². The number of anilines is 1. The van der Waals surface area contributed by atoms with E-state index in [0.29, 0.717) is 35.8 Å². The Balaban J connectivity index is 1.52. The number of aromatic nitrogens is 2. The summed E-state index contributed by atoms with van der Waals surface area (Å²) in [5, 5.41) is 12.0. The summed E-state index contributed by atoms with van der Waals surface area (Å²) in [4.78, 5) is 24.6. The number of alkyl halides is 1. The molecule has 204 valence electrons. The number of sulfone groups is 1. The van der Waals surface area contributed by atoms with E-state index in [1.54, 1.807) is 0 Å². The second-order valence-electron chi connectivity index (χ2n) is 9.81. The minimum absolute atomic E-state index is 0.0343. The van der Waals surface area contributed by atoms with Crippen LogP contribution in [-0.4, -0.2) is 61.6 Å². The highest BCUT2D eigenvalue weighted by atomic mass is 32.2. The molecular weight excluding hydrogens is 544 g/mol. The van der Waals surface area contributed by atoms with E-state index in [9.17, 15) is 22.0 Å². The number of hydrogen-bond donors (Lipinski definition) is 1. The number of benzene rings is 1. The quantitative estimate of drug-likeness (QED) is 0.443. The van der Waals surface area contributed by atoms with Crippen molar-refractivity contribution in [2.45, 2.75) is 31.4 Å². The van der Waals surface area contributed by atoms with Crippen molar-refractivity contribution in [3.05, 3.63) is 54.2 Å². The van der Waals surface area contributed by atoms with Crippen molar-refractivity contribution in [3.63, 3.8) is 0 Å². The number of pyridine rings is 1. The van der Waals surface area contributed by atoms with E-state index >= 15 is 0 Å². The van der Waals surface area contributed by atoms with Crippen LogP contribution in [0.3, 0.4) is 0 Å². The Bertz CT molecular complexity index is 1490. The van der Waals surface area contributed by atoms with Crippen LogP contribution < -0.4 is 10.2 Å². The lowest BCUT2D eigenvalue weighted by Gasteiger charge is -2.32. The smallest absolute Gasteiger partial charge is 0.224 e. The molecular formula is C27H27F2N5O3S2. The number of nitriles is 1. The Morgan fingerprint density at radius 1 is 1.15 bits per heavy atom. The number of carbonyl (C=O) groups excluding carboxylic acids is 1. The third-order valence-corrected chi connectivity index (χ3v) is 10.0. The van der Waals surface area contributed by atoms with Crippen LogP contribution in [0.2, 0.25) is 0 Å². The number of thiazole rings is 1. The summed E-state index contributed by atoms with van der Waals surface area (Å²) in [5.41, 5.74) is 2.88. The van der Waals surface area contributed by atoms with Gasteiger partial charge in [0.2, 0.25) is 5.91 Å². The Labute approximate surface area is 229 Å². The zero-order valence-corrected chi connectivity index (χ0v) is 22.6. The molecule has 1 N–H and O–H groups in total. The van der Waals surface area contributed by atoms with Gasteiger partial charge in [0.25, 0.3) is 0 Å². The molecule has 0 unspecified atom stereocenters. The Morgan fingerprint density at radius 2 is 1.90 bits per heavy atom. The molecule has 3 atom stereocenters. The zero-order valence-electron chi connectivity index (χ0n) is 21.0. The van der Waals surface area contributed by atoms with Gasteiger partial charge in [0.05, 0.1) is 34.3 Å². The van der Waals surface area contributed by atoms with Gasteiger partial charge in [-0.15, -0.1) is 11.3 Å². The maximum absolute atomic E-state index is 14.5. The number of rotatable bonds is 6. The van der Waals surface area contributed by atoms with Crippen LogP contribution in [0, 0.1) is 23.1 Å². The first-order valence-electron chi connectivity index (χ1n) is 12.7. The van der Waals surface area contributed by atoms with Gasteiger partial charge in [-0.1, -0.05) is 12.1 Å². The molecule has 8 nitrogen and oxygen atoms in total. The third kappa shape index (κ3) is 6.09. The SMILES string of the molecule is N#CCNC(=O)[C@@H]1C[C@@H](F)CC[C@H]1c1nc(-c2cncc(F)c2)sc1-c1ccc(N2CCS(=O)(=O)CC2)cc1. The van der Waals surface area contributed by atoms with Crippen molar-refractivity contribution in [1.82, 2.24) is 15.3 Å². The number of carbonyl (C=O) groups is 1. The van der Waals surface area contributed by atoms with Crippen molar-refractivity contribution in [3.8, 4) is 27.1 Å². The molecule has 0 spiro atoms. The zero-order chi connectivity index (χ0) is 27.6. The minimum atomic E-state index is -3.00. The molecule has 1 amide bonds. The summed E-state index contributed by atoms with van der Waals surface area (Å²) in [6, 6.07) is 10.9. The maximum atomic E-state index is 14.5. The standard InChI is InChI=1S/C27H27F2N5O3S2/c28-19-3-6-22(23(14-19)26(35)32-8-7-30)24-25(38-27(33-24)18-13-20(29)16-31-15-18)17-1-4-21(5-2-17)34-9-11-39(36,37)12-10-34/h1-2,4-5,13,15-16,19,22-23H,3,6,8-12,14H2,(H,32,35)/t19-,22+,23+/m0/s1. The molecule has 0 bridgehead atoms. The first-order chi connectivity index (χ1) is 18.7. The lowest BCUT2D eigenvalue weighted by atomic mass is 9.75. The van der Waals surface area contributed by atoms with Crippen molar-refractivity contribution < 1.29 is 22.0 Å². The minimum Gasteiger partial charge on any atom is -0.369 e. The van der Waals surface area contributed by atoms with Gasteiger partial charge in [-0.25, -0.2) is 22.2 Å². The highest BCUT2D eigenvalue weighted by Crippen LogP contribution is 2.46. The molecule has 2 aliphatic rings. The summed E-state index contributed by atoms with van der Waals surface area (Å²) in [6.45, 7) is 0.689. The topological polar surface area (TPSA) is 116 Å². The second-order valence-corrected chi connectivity index (χ2v) is 13.1. The second kappa shape index (κ2) is 11.4. The largest absolute Gasteiger partial charge is 0.369 e. The molecule has 0 radical (unpaired) electrons. The average molecular weight is 572 g/mol. The first kappa shape index (κ1) is 27.1.